The minimum Gasteiger partial charge on any atom is -0.481 e. The molecule has 0 atom stereocenters. The molecule has 1 aliphatic carbocycles. The Hall–Kier alpha value is -1.56. The quantitative estimate of drug-likeness (QED) is 0.796. The molecule has 0 radical (unpaired) electrons. The van der Waals surface area contributed by atoms with Crippen molar-refractivity contribution in [2.45, 2.75) is 19.3 Å². The van der Waals surface area contributed by atoms with Gasteiger partial charge in [-0.25, -0.2) is 4.79 Å². The normalized spacial score (nSPS) is 16.3. The number of benzene rings is 1. The number of amides is 2. The Kier molecular flexibility index (Phi) is 4.09. The van der Waals surface area contributed by atoms with Crippen LogP contribution in [-0.4, -0.2) is 23.7 Å². The van der Waals surface area contributed by atoms with Crippen molar-refractivity contribution in [2.75, 3.05) is 11.9 Å². The summed E-state index contributed by atoms with van der Waals surface area (Å²) in [6.45, 7) is 0.171. The number of rotatable bonds is 4. The summed E-state index contributed by atoms with van der Waals surface area (Å²) in [6, 6.07) is 6.79. The fraction of sp³-hybridized carbons (Fsp3) is 0.385. The number of hydrogen-bond acceptors (Lipinski definition) is 2. The fourth-order valence-corrected chi connectivity index (χ4v) is 2.29. The Morgan fingerprint density at radius 2 is 1.89 bits per heavy atom. The number of carbonyl (C=O) groups excluding carboxylic acids is 1. The van der Waals surface area contributed by atoms with Crippen molar-refractivity contribution in [2.24, 2.45) is 5.41 Å². The van der Waals surface area contributed by atoms with Crippen LogP contribution in [0.4, 0.5) is 10.5 Å². The van der Waals surface area contributed by atoms with Gasteiger partial charge in [-0.15, -0.1) is 0 Å². The second-order valence-corrected chi connectivity index (χ2v) is 5.67. The summed E-state index contributed by atoms with van der Waals surface area (Å²) in [5, 5.41) is 14.4. The van der Waals surface area contributed by atoms with E-state index in [0.717, 1.165) is 10.9 Å². The van der Waals surface area contributed by atoms with Crippen LogP contribution in [0, 0.1) is 5.41 Å². The van der Waals surface area contributed by atoms with E-state index in [4.69, 9.17) is 5.11 Å². The summed E-state index contributed by atoms with van der Waals surface area (Å²) in [7, 11) is 0. The van der Waals surface area contributed by atoms with Crippen molar-refractivity contribution in [3.63, 3.8) is 0 Å². The van der Waals surface area contributed by atoms with Crippen LogP contribution >= 0.6 is 15.9 Å². The van der Waals surface area contributed by atoms with Crippen LogP contribution in [0.2, 0.25) is 0 Å². The summed E-state index contributed by atoms with van der Waals surface area (Å²) in [5.41, 5.74) is -0.101. The second-order valence-electron chi connectivity index (χ2n) is 4.75. The number of carboxylic acids is 1. The van der Waals surface area contributed by atoms with Crippen molar-refractivity contribution in [3.05, 3.63) is 28.7 Å². The van der Waals surface area contributed by atoms with Crippen LogP contribution < -0.4 is 10.6 Å². The standard InChI is InChI=1S/C13H15BrN2O3/c14-9-2-4-10(5-3-9)16-12(19)15-8-13(11(17)18)6-1-7-13/h2-5H,1,6-8H2,(H,17,18)(H2,15,16,19). The topological polar surface area (TPSA) is 78.4 Å². The van der Waals surface area contributed by atoms with Gasteiger partial charge in [0.25, 0.3) is 0 Å². The van der Waals surface area contributed by atoms with Gasteiger partial charge in [0.05, 0.1) is 5.41 Å². The largest absolute Gasteiger partial charge is 0.481 e. The van der Waals surface area contributed by atoms with E-state index in [-0.39, 0.29) is 12.6 Å². The molecule has 102 valence electrons. The molecule has 1 fully saturated rings. The number of nitrogens with one attached hydrogen (secondary N) is 2. The molecule has 1 aromatic rings. The van der Waals surface area contributed by atoms with E-state index in [1.165, 1.54) is 0 Å². The average molecular weight is 327 g/mol. The van der Waals surface area contributed by atoms with Crippen molar-refractivity contribution < 1.29 is 14.7 Å². The molecular formula is C13H15BrN2O3. The van der Waals surface area contributed by atoms with Crippen molar-refractivity contribution in [1.82, 2.24) is 5.32 Å². The minimum absolute atomic E-state index is 0.171. The van der Waals surface area contributed by atoms with Crippen molar-refractivity contribution in [3.8, 4) is 0 Å². The molecule has 1 saturated carbocycles. The molecule has 1 aromatic carbocycles. The third-order valence-corrected chi connectivity index (χ3v) is 3.98. The predicted octanol–water partition coefficient (Wildman–Crippen LogP) is 2.83. The number of halogens is 1. The molecule has 3 N–H and O–H groups in total. The molecule has 5 nitrogen and oxygen atoms in total. The van der Waals surface area contributed by atoms with Crippen LogP contribution in [-0.2, 0) is 4.79 Å². The second kappa shape index (κ2) is 5.61. The summed E-state index contributed by atoms with van der Waals surface area (Å²) < 4.78 is 0.928. The van der Waals surface area contributed by atoms with Crippen LogP contribution in [0.25, 0.3) is 0 Å². The molecule has 0 unspecified atom stereocenters. The smallest absolute Gasteiger partial charge is 0.319 e. The predicted molar refractivity (Wildman–Crippen MR) is 75.1 cm³/mol. The maximum atomic E-state index is 11.7. The molecule has 0 aromatic heterocycles. The minimum atomic E-state index is -0.831. The Balaban J connectivity index is 1.85. The first-order chi connectivity index (χ1) is 9.02. The van der Waals surface area contributed by atoms with Crippen LogP contribution in [0.5, 0.6) is 0 Å². The molecule has 1 aliphatic rings. The zero-order valence-electron chi connectivity index (χ0n) is 10.3. The molecule has 0 saturated heterocycles. The lowest BCUT2D eigenvalue weighted by molar-refractivity contribution is -0.153. The zero-order valence-corrected chi connectivity index (χ0v) is 11.9. The average Bonchev–Trinajstić information content (AvgIpc) is 2.30. The fourth-order valence-electron chi connectivity index (χ4n) is 2.03. The van der Waals surface area contributed by atoms with Gasteiger partial charge in [0.15, 0.2) is 0 Å². The molecule has 0 heterocycles. The highest BCUT2D eigenvalue weighted by Crippen LogP contribution is 2.40. The molecule has 0 spiro atoms. The molecule has 2 amide bonds. The van der Waals surface area contributed by atoms with Crippen molar-refractivity contribution >= 4 is 33.6 Å². The first kappa shape index (κ1) is 13.9. The highest BCUT2D eigenvalue weighted by atomic mass is 79.9. The van der Waals surface area contributed by atoms with E-state index in [1.54, 1.807) is 12.1 Å². The van der Waals surface area contributed by atoms with E-state index >= 15 is 0 Å². The number of aliphatic carboxylic acids is 1. The molecule has 19 heavy (non-hydrogen) atoms. The van der Waals surface area contributed by atoms with Gasteiger partial charge in [-0.05, 0) is 37.1 Å². The van der Waals surface area contributed by atoms with Crippen LogP contribution in [0.15, 0.2) is 28.7 Å². The number of carbonyl (C=O) groups is 2. The van der Waals surface area contributed by atoms with E-state index in [9.17, 15) is 9.59 Å². The first-order valence-corrected chi connectivity index (χ1v) is 6.85. The van der Waals surface area contributed by atoms with E-state index < -0.39 is 11.4 Å². The third-order valence-electron chi connectivity index (χ3n) is 3.45. The van der Waals surface area contributed by atoms with E-state index in [1.807, 2.05) is 12.1 Å². The molecule has 0 aliphatic heterocycles. The van der Waals surface area contributed by atoms with Crippen molar-refractivity contribution in [1.29, 1.82) is 0 Å². The maximum Gasteiger partial charge on any atom is 0.319 e. The first-order valence-electron chi connectivity index (χ1n) is 6.06. The van der Waals surface area contributed by atoms with Gasteiger partial charge in [0.2, 0.25) is 0 Å². The number of carboxylic acid groups (broad SMARTS) is 1. The summed E-state index contributed by atoms with van der Waals surface area (Å²) >= 11 is 3.31. The lowest BCUT2D eigenvalue weighted by Gasteiger charge is -2.37. The number of hydrogen-bond donors (Lipinski definition) is 3. The van der Waals surface area contributed by atoms with Gasteiger partial charge >= 0.3 is 12.0 Å². The van der Waals surface area contributed by atoms with Gasteiger partial charge < -0.3 is 15.7 Å². The molecule has 2 rings (SSSR count). The van der Waals surface area contributed by atoms with Gasteiger partial charge in [0.1, 0.15) is 0 Å². The van der Waals surface area contributed by atoms with Crippen LogP contribution in [0.3, 0.4) is 0 Å². The van der Waals surface area contributed by atoms with Gasteiger partial charge in [0, 0.05) is 16.7 Å². The van der Waals surface area contributed by atoms with Gasteiger partial charge in [-0.1, -0.05) is 22.4 Å². The van der Waals surface area contributed by atoms with Gasteiger partial charge in [-0.3, -0.25) is 4.79 Å². The Morgan fingerprint density at radius 1 is 1.26 bits per heavy atom. The summed E-state index contributed by atoms with van der Waals surface area (Å²) in [6.07, 6.45) is 2.16. The number of anilines is 1. The maximum absolute atomic E-state index is 11.7. The lowest BCUT2D eigenvalue weighted by atomic mass is 9.69. The highest BCUT2D eigenvalue weighted by molar-refractivity contribution is 9.10. The lowest BCUT2D eigenvalue weighted by Crippen LogP contribution is -2.48. The highest BCUT2D eigenvalue weighted by Gasteiger charge is 2.44. The Bertz CT molecular complexity index is 483. The Morgan fingerprint density at radius 3 is 2.37 bits per heavy atom. The summed E-state index contributed by atoms with van der Waals surface area (Å²) in [5.74, 6) is -0.831. The van der Waals surface area contributed by atoms with Gasteiger partial charge in [-0.2, -0.15) is 0 Å². The molecule has 6 heteroatoms. The molecule has 0 bridgehead atoms. The summed E-state index contributed by atoms with van der Waals surface area (Å²) in [4.78, 5) is 22.8. The van der Waals surface area contributed by atoms with E-state index in [2.05, 4.69) is 26.6 Å². The van der Waals surface area contributed by atoms with Crippen LogP contribution in [0.1, 0.15) is 19.3 Å². The third kappa shape index (κ3) is 3.26. The van der Waals surface area contributed by atoms with E-state index in [0.29, 0.717) is 18.5 Å². The SMILES string of the molecule is O=C(NCC1(C(=O)O)CCC1)Nc1ccc(Br)cc1. The monoisotopic (exact) mass is 326 g/mol. The molecular weight excluding hydrogens is 312 g/mol. The number of urea groups is 1. The zero-order chi connectivity index (χ0) is 13.9. The Labute approximate surface area is 119 Å².